The number of amides is 1. The van der Waals surface area contributed by atoms with Gasteiger partial charge in [-0.2, -0.15) is 0 Å². The van der Waals surface area contributed by atoms with Crippen LogP contribution in [-0.2, 0) is 13.0 Å². The van der Waals surface area contributed by atoms with Crippen LogP contribution in [0.25, 0.3) is 16.6 Å². The predicted molar refractivity (Wildman–Crippen MR) is 101 cm³/mol. The van der Waals surface area contributed by atoms with Gasteiger partial charge in [0.2, 0.25) is 0 Å². The topological polar surface area (TPSA) is 92.0 Å². The monoisotopic (exact) mass is 362 g/mol. The average Bonchev–Trinajstić information content (AvgIpc) is 3.29. The largest absolute Gasteiger partial charge is 0.361 e. The van der Waals surface area contributed by atoms with E-state index in [2.05, 4.69) is 11.1 Å². The number of nitrogens with one attached hydrogen (secondary N) is 2. The number of rotatable bonds is 5. The van der Waals surface area contributed by atoms with Crippen LogP contribution in [0.4, 0.5) is 0 Å². The van der Waals surface area contributed by atoms with Crippen molar-refractivity contribution in [3.05, 3.63) is 88.7 Å². The fraction of sp³-hybridized carbons (Fsp3) is 0.100. The predicted octanol–water partition coefficient (Wildman–Crippen LogP) is 2.48. The lowest BCUT2D eigenvalue weighted by atomic mass is 10.1. The Labute approximate surface area is 154 Å². The van der Waals surface area contributed by atoms with Gasteiger partial charge in [-0.1, -0.05) is 18.2 Å². The minimum atomic E-state index is -0.592. The van der Waals surface area contributed by atoms with E-state index in [1.54, 1.807) is 46.7 Å². The van der Waals surface area contributed by atoms with Gasteiger partial charge < -0.3 is 4.98 Å². The van der Waals surface area contributed by atoms with E-state index in [9.17, 15) is 9.59 Å². The highest BCUT2D eigenvalue weighted by Crippen LogP contribution is 2.18. The highest BCUT2D eigenvalue weighted by molar-refractivity contribution is 5.93. The summed E-state index contributed by atoms with van der Waals surface area (Å²) in [7, 11) is 0. The van der Waals surface area contributed by atoms with Gasteiger partial charge >= 0.3 is 5.69 Å². The van der Waals surface area contributed by atoms with Crippen molar-refractivity contribution in [1.82, 2.24) is 19.6 Å². The van der Waals surface area contributed by atoms with Crippen LogP contribution < -0.4 is 11.2 Å². The summed E-state index contributed by atoms with van der Waals surface area (Å²) >= 11 is 0. The first-order valence-corrected chi connectivity index (χ1v) is 8.55. The lowest BCUT2D eigenvalue weighted by Gasteiger charge is -2.04. The van der Waals surface area contributed by atoms with Crippen LogP contribution in [-0.4, -0.2) is 25.2 Å². The summed E-state index contributed by atoms with van der Waals surface area (Å²) in [5.41, 5.74) is 4.66. The number of hydrogen-bond acceptors (Lipinski definition) is 3. The van der Waals surface area contributed by atoms with E-state index in [0.717, 1.165) is 11.9 Å². The van der Waals surface area contributed by atoms with Crippen LogP contribution in [0.15, 0.2) is 71.9 Å². The zero-order chi connectivity index (χ0) is 18.8. The lowest BCUT2D eigenvalue weighted by Crippen LogP contribution is -2.24. The van der Waals surface area contributed by atoms with Crippen LogP contribution >= 0.6 is 0 Å². The number of aromatic amines is 1. The Bertz CT molecular complexity index is 1150. The van der Waals surface area contributed by atoms with E-state index in [1.165, 1.54) is 15.5 Å². The highest BCUT2D eigenvalue weighted by atomic mass is 16.5. The van der Waals surface area contributed by atoms with E-state index in [4.69, 9.17) is 5.21 Å². The molecule has 0 bridgehead atoms. The van der Waals surface area contributed by atoms with Crippen LogP contribution in [0.2, 0.25) is 0 Å². The quantitative estimate of drug-likeness (QED) is 0.376. The van der Waals surface area contributed by atoms with E-state index < -0.39 is 5.91 Å². The second-order valence-corrected chi connectivity index (χ2v) is 6.24. The molecule has 0 spiro atoms. The summed E-state index contributed by atoms with van der Waals surface area (Å²) in [6.45, 7) is 0.568. The molecule has 7 heteroatoms. The lowest BCUT2D eigenvalue weighted by molar-refractivity contribution is 0.0706. The molecular weight excluding hydrogens is 344 g/mol. The van der Waals surface area contributed by atoms with Crippen LogP contribution in [0.5, 0.6) is 0 Å². The molecule has 4 aromatic rings. The molecule has 0 fully saturated rings. The van der Waals surface area contributed by atoms with Crippen molar-refractivity contribution in [2.45, 2.75) is 13.0 Å². The first-order chi connectivity index (χ1) is 13.2. The number of H-pyrrole nitrogens is 1. The summed E-state index contributed by atoms with van der Waals surface area (Å²) in [4.78, 5) is 27.3. The molecule has 2 aromatic carbocycles. The number of aromatic nitrogens is 3. The molecule has 27 heavy (non-hydrogen) atoms. The van der Waals surface area contributed by atoms with Crippen molar-refractivity contribution in [1.29, 1.82) is 0 Å². The minimum absolute atomic E-state index is 0.144. The van der Waals surface area contributed by atoms with E-state index >= 15 is 0 Å². The van der Waals surface area contributed by atoms with E-state index in [-0.39, 0.29) is 5.69 Å². The van der Waals surface area contributed by atoms with Crippen LogP contribution in [0.3, 0.4) is 0 Å². The second kappa shape index (κ2) is 6.97. The number of hydroxylamine groups is 1. The van der Waals surface area contributed by atoms with Crippen LogP contribution in [0.1, 0.15) is 15.9 Å². The van der Waals surface area contributed by atoms with Crippen molar-refractivity contribution >= 4 is 16.8 Å². The SMILES string of the molecule is O=C(NO)c1ccc(-n2ccn(CCc3c[nH]c4ccccc34)c2=O)cc1. The summed E-state index contributed by atoms with van der Waals surface area (Å²) < 4.78 is 3.19. The maximum absolute atomic E-state index is 12.7. The number of hydrogen-bond donors (Lipinski definition) is 3. The van der Waals surface area contributed by atoms with Gasteiger partial charge in [-0.3, -0.25) is 19.1 Å². The average molecular weight is 362 g/mol. The van der Waals surface area contributed by atoms with Gasteiger partial charge in [0.15, 0.2) is 0 Å². The second-order valence-electron chi connectivity index (χ2n) is 6.24. The number of aryl methyl sites for hydroxylation is 2. The number of benzene rings is 2. The Kier molecular flexibility index (Phi) is 4.35. The molecule has 2 heterocycles. The van der Waals surface area contributed by atoms with Crippen molar-refractivity contribution in [2.24, 2.45) is 0 Å². The molecule has 0 saturated carbocycles. The van der Waals surface area contributed by atoms with Gasteiger partial charge in [-0.05, 0) is 42.3 Å². The van der Waals surface area contributed by atoms with Gasteiger partial charge in [-0.25, -0.2) is 10.3 Å². The smallest absolute Gasteiger partial charge is 0.332 e. The number of fused-ring (bicyclic) bond motifs is 1. The molecule has 0 unspecified atom stereocenters. The Hall–Kier alpha value is -3.58. The van der Waals surface area contributed by atoms with Crippen molar-refractivity contribution < 1.29 is 10.0 Å². The van der Waals surface area contributed by atoms with Gasteiger partial charge in [0, 0.05) is 41.6 Å². The Morgan fingerprint density at radius 2 is 1.85 bits per heavy atom. The Morgan fingerprint density at radius 3 is 2.63 bits per heavy atom. The third-order valence-corrected chi connectivity index (χ3v) is 4.65. The first-order valence-electron chi connectivity index (χ1n) is 8.55. The number of nitrogens with zero attached hydrogens (tertiary/aromatic N) is 2. The fourth-order valence-corrected chi connectivity index (χ4v) is 3.20. The number of carbonyl (C=O) groups is 1. The minimum Gasteiger partial charge on any atom is -0.361 e. The third kappa shape index (κ3) is 3.16. The molecule has 1 amide bonds. The maximum Gasteiger partial charge on any atom is 0.332 e. The molecule has 0 aliphatic rings. The molecule has 0 aliphatic carbocycles. The van der Waals surface area contributed by atoms with Gasteiger partial charge in [0.25, 0.3) is 5.91 Å². The zero-order valence-corrected chi connectivity index (χ0v) is 14.4. The van der Waals surface area contributed by atoms with Crippen molar-refractivity contribution in [3.63, 3.8) is 0 Å². The standard InChI is InChI=1S/C20H18N4O3/c25-19(22-27)14-5-7-16(8-6-14)24-12-11-23(20(24)26)10-9-15-13-21-18-4-2-1-3-17(15)18/h1-8,11-13,21,27H,9-10H2,(H,22,25). The van der Waals surface area contributed by atoms with Crippen molar-refractivity contribution in [3.8, 4) is 5.69 Å². The summed E-state index contributed by atoms with van der Waals surface area (Å²) in [5.74, 6) is -0.592. The summed E-state index contributed by atoms with van der Waals surface area (Å²) in [6.07, 6.45) is 6.19. The first kappa shape index (κ1) is 16.9. The highest BCUT2D eigenvalue weighted by Gasteiger charge is 2.09. The molecule has 7 nitrogen and oxygen atoms in total. The Morgan fingerprint density at radius 1 is 1.07 bits per heavy atom. The Balaban J connectivity index is 1.54. The number of imidazole rings is 1. The molecule has 2 aromatic heterocycles. The molecule has 0 aliphatic heterocycles. The number of carbonyl (C=O) groups excluding carboxylic acids is 1. The molecule has 136 valence electrons. The van der Waals surface area contributed by atoms with Gasteiger partial charge in [0.1, 0.15) is 0 Å². The molecular formula is C20H18N4O3. The third-order valence-electron chi connectivity index (χ3n) is 4.65. The molecule has 0 atom stereocenters. The molecule has 0 saturated heterocycles. The maximum atomic E-state index is 12.7. The summed E-state index contributed by atoms with van der Waals surface area (Å²) in [5, 5.41) is 9.83. The molecule has 4 rings (SSSR count). The normalized spacial score (nSPS) is 11.0. The fourth-order valence-electron chi connectivity index (χ4n) is 3.20. The van der Waals surface area contributed by atoms with Gasteiger partial charge in [0.05, 0.1) is 5.69 Å². The zero-order valence-electron chi connectivity index (χ0n) is 14.4. The number of para-hydroxylation sites is 1. The molecule has 3 N–H and O–H groups in total. The van der Waals surface area contributed by atoms with E-state index in [1.807, 2.05) is 24.4 Å². The van der Waals surface area contributed by atoms with E-state index in [0.29, 0.717) is 17.8 Å². The molecule has 0 radical (unpaired) electrons. The van der Waals surface area contributed by atoms with Crippen LogP contribution in [0, 0.1) is 0 Å². The van der Waals surface area contributed by atoms with Gasteiger partial charge in [-0.15, -0.1) is 0 Å². The van der Waals surface area contributed by atoms with Crippen molar-refractivity contribution in [2.75, 3.05) is 0 Å². The summed E-state index contributed by atoms with van der Waals surface area (Å²) in [6, 6.07) is 14.5.